The zero-order valence-electron chi connectivity index (χ0n) is 18.0. The Bertz CT molecular complexity index is 1070. The average Bonchev–Trinajstić information content (AvgIpc) is 2.80. The number of rotatable bonds is 9. The van der Waals surface area contributed by atoms with Crippen LogP contribution in [0.1, 0.15) is 11.1 Å². The second-order valence-corrected chi connectivity index (χ2v) is 7.12. The van der Waals surface area contributed by atoms with Crippen molar-refractivity contribution < 1.29 is 23.5 Å². The van der Waals surface area contributed by atoms with E-state index < -0.39 is 11.7 Å². The molecule has 0 heterocycles. The number of anilines is 1. The van der Waals surface area contributed by atoms with Gasteiger partial charge in [-0.3, -0.25) is 9.59 Å². The molecule has 32 heavy (non-hydrogen) atoms. The van der Waals surface area contributed by atoms with E-state index in [2.05, 4.69) is 5.32 Å². The molecule has 0 unspecified atom stereocenters. The number of carbonyl (C=O) groups is 2. The van der Waals surface area contributed by atoms with Gasteiger partial charge in [0, 0.05) is 18.2 Å². The molecule has 6 nitrogen and oxygen atoms in total. The normalized spacial score (nSPS) is 10.3. The number of hydrogen-bond acceptors (Lipinski definition) is 4. The molecule has 0 aliphatic carbocycles. The van der Waals surface area contributed by atoms with Gasteiger partial charge >= 0.3 is 0 Å². The summed E-state index contributed by atoms with van der Waals surface area (Å²) in [6.07, 6.45) is 0.106. The Morgan fingerprint density at radius 1 is 0.938 bits per heavy atom. The van der Waals surface area contributed by atoms with Crippen LogP contribution >= 0.6 is 0 Å². The molecule has 0 bridgehead atoms. The number of amides is 2. The van der Waals surface area contributed by atoms with Crippen LogP contribution in [0.4, 0.5) is 10.1 Å². The van der Waals surface area contributed by atoms with Crippen LogP contribution in [0.15, 0.2) is 72.8 Å². The zero-order chi connectivity index (χ0) is 22.9. The highest BCUT2D eigenvalue weighted by Gasteiger charge is 2.20. The molecule has 0 aliphatic heterocycles. The van der Waals surface area contributed by atoms with Crippen molar-refractivity contribution in [1.29, 1.82) is 0 Å². The highest BCUT2D eigenvalue weighted by molar-refractivity contribution is 5.96. The lowest BCUT2D eigenvalue weighted by molar-refractivity contribution is -0.134. The fraction of sp³-hybridized carbons (Fsp3) is 0.200. The maximum Gasteiger partial charge on any atom is 0.244 e. The number of ether oxygens (including phenoxy) is 2. The van der Waals surface area contributed by atoms with Crippen LogP contribution < -0.4 is 14.8 Å². The summed E-state index contributed by atoms with van der Waals surface area (Å²) in [5.74, 6) is -0.127. The number of halogens is 1. The predicted molar refractivity (Wildman–Crippen MR) is 120 cm³/mol. The molecule has 3 aromatic rings. The van der Waals surface area contributed by atoms with Gasteiger partial charge in [0.25, 0.3) is 0 Å². The van der Waals surface area contributed by atoms with E-state index in [4.69, 9.17) is 9.47 Å². The van der Waals surface area contributed by atoms with Gasteiger partial charge in [0.05, 0.1) is 26.3 Å². The summed E-state index contributed by atoms with van der Waals surface area (Å²) in [5, 5.41) is 2.76. The second-order valence-electron chi connectivity index (χ2n) is 7.12. The second kappa shape index (κ2) is 10.9. The van der Waals surface area contributed by atoms with Crippen molar-refractivity contribution >= 4 is 17.5 Å². The van der Waals surface area contributed by atoms with E-state index in [1.807, 2.05) is 30.3 Å². The van der Waals surface area contributed by atoms with E-state index in [0.717, 1.165) is 5.56 Å². The Morgan fingerprint density at radius 2 is 1.66 bits per heavy atom. The highest BCUT2D eigenvalue weighted by Crippen LogP contribution is 2.29. The van der Waals surface area contributed by atoms with E-state index in [1.165, 1.54) is 25.2 Å². The van der Waals surface area contributed by atoms with Crippen molar-refractivity contribution in [1.82, 2.24) is 4.90 Å². The monoisotopic (exact) mass is 436 g/mol. The summed E-state index contributed by atoms with van der Waals surface area (Å²) < 4.78 is 24.7. The van der Waals surface area contributed by atoms with E-state index >= 15 is 0 Å². The maximum absolute atomic E-state index is 14.2. The van der Waals surface area contributed by atoms with Gasteiger partial charge in [0.1, 0.15) is 23.9 Å². The minimum absolute atomic E-state index is 0.0223. The number of carbonyl (C=O) groups excluding carboxylic acids is 2. The van der Waals surface area contributed by atoms with Crippen molar-refractivity contribution in [3.8, 4) is 11.5 Å². The van der Waals surface area contributed by atoms with Gasteiger partial charge in [-0.15, -0.1) is 0 Å². The minimum atomic E-state index is -0.428. The van der Waals surface area contributed by atoms with Crippen LogP contribution in [0.25, 0.3) is 0 Å². The third-order valence-corrected chi connectivity index (χ3v) is 4.89. The van der Waals surface area contributed by atoms with Crippen LogP contribution in [0.3, 0.4) is 0 Å². The molecule has 7 heteroatoms. The molecule has 166 valence electrons. The lowest BCUT2D eigenvalue weighted by atomic mass is 10.1. The van der Waals surface area contributed by atoms with Crippen molar-refractivity contribution in [2.75, 3.05) is 26.1 Å². The van der Waals surface area contributed by atoms with Crippen LogP contribution in [0.2, 0.25) is 0 Å². The molecule has 0 aromatic heterocycles. The number of nitrogens with zero attached hydrogens (tertiary/aromatic N) is 1. The Labute approximate surface area is 186 Å². The SMILES string of the molecule is COc1ccc(NC(=O)CN(Cc2ccccc2F)C(=O)Cc2ccccc2)c(OC)c1. The van der Waals surface area contributed by atoms with E-state index in [0.29, 0.717) is 22.7 Å². The maximum atomic E-state index is 14.2. The molecular formula is C25H25FN2O4. The van der Waals surface area contributed by atoms with Gasteiger partial charge in [-0.05, 0) is 23.8 Å². The van der Waals surface area contributed by atoms with Gasteiger partial charge in [0.15, 0.2) is 0 Å². The fourth-order valence-corrected chi connectivity index (χ4v) is 3.21. The Morgan fingerprint density at radius 3 is 2.34 bits per heavy atom. The van der Waals surface area contributed by atoms with Crippen molar-refractivity contribution in [2.24, 2.45) is 0 Å². The fourth-order valence-electron chi connectivity index (χ4n) is 3.21. The minimum Gasteiger partial charge on any atom is -0.497 e. The van der Waals surface area contributed by atoms with Gasteiger partial charge in [-0.25, -0.2) is 4.39 Å². The predicted octanol–water partition coefficient (Wildman–Crippen LogP) is 4.05. The molecule has 0 spiro atoms. The number of nitrogens with one attached hydrogen (secondary N) is 1. The Kier molecular flexibility index (Phi) is 7.80. The molecule has 1 N–H and O–H groups in total. The Hall–Kier alpha value is -3.87. The molecule has 3 rings (SSSR count). The molecule has 0 aliphatic rings. The molecule has 2 amide bonds. The molecule has 0 fully saturated rings. The largest absolute Gasteiger partial charge is 0.497 e. The standard InChI is InChI=1S/C25H25FN2O4/c1-31-20-12-13-22(23(15-20)32-2)27-24(29)17-28(16-19-10-6-7-11-21(19)26)25(30)14-18-8-4-3-5-9-18/h3-13,15H,14,16-17H2,1-2H3,(H,27,29). The molecule has 0 saturated carbocycles. The molecule has 0 saturated heterocycles. The molecule has 0 radical (unpaired) electrons. The molecule has 3 aromatic carbocycles. The first-order chi connectivity index (χ1) is 15.5. The summed E-state index contributed by atoms with van der Waals surface area (Å²) >= 11 is 0. The third kappa shape index (κ3) is 6.07. The first kappa shape index (κ1) is 22.8. The van der Waals surface area contributed by atoms with E-state index in [-0.39, 0.29) is 25.4 Å². The number of benzene rings is 3. The van der Waals surface area contributed by atoms with Gasteiger partial charge in [0.2, 0.25) is 11.8 Å². The number of methoxy groups -OCH3 is 2. The summed E-state index contributed by atoms with van der Waals surface area (Å²) in [4.78, 5) is 27.1. The van der Waals surface area contributed by atoms with Crippen LogP contribution in [0.5, 0.6) is 11.5 Å². The Balaban J connectivity index is 1.77. The van der Waals surface area contributed by atoms with Crippen LogP contribution in [0, 0.1) is 5.82 Å². The quantitative estimate of drug-likeness (QED) is 0.550. The first-order valence-electron chi connectivity index (χ1n) is 10.1. The topological polar surface area (TPSA) is 67.9 Å². The van der Waals surface area contributed by atoms with Gasteiger partial charge in [-0.2, -0.15) is 0 Å². The summed E-state index contributed by atoms with van der Waals surface area (Å²) in [6, 6.07) is 20.4. The van der Waals surface area contributed by atoms with Gasteiger partial charge < -0.3 is 19.7 Å². The summed E-state index contributed by atoms with van der Waals surface area (Å²) in [6.45, 7) is -0.263. The van der Waals surface area contributed by atoms with Crippen LogP contribution in [-0.4, -0.2) is 37.5 Å². The summed E-state index contributed by atoms with van der Waals surface area (Å²) in [7, 11) is 3.02. The zero-order valence-corrected chi connectivity index (χ0v) is 18.0. The van der Waals surface area contributed by atoms with E-state index in [1.54, 1.807) is 36.4 Å². The summed E-state index contributed by atoms with van der Waals surface area (Å²) in [5.41, 5.74) is 1.59. The molecule has 0 atom stereocenters. The van der Waals surface area contributed by atoms with Crippen LogP contribution in [-0.2, 0) is 22.6 Å². The van der Waals surface area contributed by atoms with Crippen molar-refractivity contribution in [2.45, 2.75) is 13.0 Å². The van der Waals surface area contributed by atoms with Crippen molar-refractivity contribution in [3.63, 3.8) is 0 Å². The number of hydrogen-bond donors (Lipinski definition) is 1. The first-order valence-corrected chi connectivity index (χ1v) is 10.1. The van der Waals surface area contributed by atoms with Crippen molar-refractivity contribution in [3.05, 3.63) is 89.7 Å². The highest BCUT2D eigenvalue weighted by atomic mass is 19.1. The smallest absolute Gasteiger partial charge is 0.244 e. The lowest BCUT2D eigenvalue weighted by Crippen LogP contribution is -2.38. The lowest BCUT2D eigenvalue weighted by Gasteiger charge is -2.23. The average molecular weight is 436 g/mol. The van der Waals surface area contributed by atoms with Gasteiger partial charge in [-0.1, -0.05) is 48.5 Å². The molecular weight excluding hydrogens is 411 g/mol. The van der Waals surface area contributed by atoms with E-state index in [9.17, 15) is 14.0 Å². The third-order valence-electron chi connectivity index (χ3n) is 4.89.